The molecule has 0 aliphatic heterocycles. The second-order valence-corrected chi connectivity index (χ2v) is 3.38. The van der Waals surface area contributed by atoms with Gasteiger partial charge in [0.2, 0.25) is 0 Å². The van der Waals surface area contributed by atoms with E-state index >= 15 is 0 Å². The van der Waals surface area contributed by atoms with E-state index in [4.69, 9.17) is 9.94 Å². The highest BCUT2D eigenvalue weighted by atomic mass is 16.5. The third kappa shape index (κ3) is 2.76. The fourth-order valence-corrected chi connectivity index (χ4v) is 1.10. The van der Waals surface area contributed by atoms with Gasteiger partial charge in [-0.1, -0.05) is 5.16 Å². The number of hydrogen-bond donors (Lipinski definition) is 1. The molecule has 1 N–H and O–H groups in total. The first kappa shape index (κ1) is 10.6. The number of hydrogen-bond acceptors (Lipinski definition) is 3. The third-order valence-corrected chi connectivity index (χ3v) is 1.79. The van der Waals surface area contributed by atoms with Crippen molar-refractivity contribution in [3.63, 3.8) is 0 Å². The van der Waals surface area contributed by atoms with Crippen LogP contribution in [0.1, 0.15) is 26.3 Å². The first-order chi connectivity index (χ1) is 6.63. The summed E-state index contributed by atoms with van der Waals surface area (Å²) in [6.45, 7) is 5.71. The number of benzene rings is 1. The van der Waals surface area contributed by atoms with E-state index in [1.807, 2.05) is 38.1 Å². The molecule has 1 aromatic rings. The zero-order valence-corrected chi connectivity index (χ0v) is 8.69. The second kappa shape index (κ2) is 4.65. The molecule has 3 heteroatoms. The van der Waals surface area contributed by atoms with Crippen molar-refractivity contribution in [2.24, 2.45) is 5.16 Å². The zero-order valence-electron chi connectivity index (χ0n) is 8.69. The van der Waals surface area contributed by atoms with E-state index in [0.29, 0.717) is 5.71 Å². The van der Waals surface area contributed by atoms with Crippen molar-refractivity contribution >= 4 is 5.71 Å². The molecule has 0 fully saturated rings. The molecule has 0 saturated heterocycles. The van der Waals surface area contributed by atoms with Crippen molar-refractivity contribution in [1.82, 2.24) is 0 Å². The zero-order chi connectivity index (χ0) is 10.6. The summed E-state index contributed by atoms with van der Waals surface area (Å²) in [6, 6.07) is 7.47. The predicted octanol–water partition coefficient (Wildman–Crippen LogP) is 2.67. The Hall–Kier alpha value is -1.51. The average Bonchev–Trinajstić information content (AvgIpc) is 2.17. The van der Waals surface area contributed by atoms with Crippen LogP contribution in [0.5, 0.6) is 5.75 Å². The molecular formula is C11H15NO2. The molecule has 0 radical (unpaired) electrons. The lowest BCUT2D eigenvalue weighted by atomic mass is 10.1. The molecule has 0 heterocycles. The van der Waals surface area contributed by atoms with E-state index in [9.17, 15) is 0 Å². The maximum atomic E-state index is 8.56. The molecule has 0 bridgehead atoms. The Morgan fingerprint density at radius 2 is 1.86 bits per heavy atom. The molecule has 76 valence electrons. The minimum atomic E-state index is 0.174. The van der Waals surface area contributed by atoms with Gasteiger partial charge in [-0.25, -0.2) is 0 Å². The van der Waals surface area contributed by atoms with Gasteiger partial charge in [0, 0.05) is 0 Å². The van der Waals surface area contributed by atoms with Gasteiger partial charge in [0.05, 0.1) is 11.8 Å². The van der Waals surface area contributed by atoms with E-state index in [1.165, 1.54) is 0 Å². The minimum Gasteiger partial charge on any atom is -0.491 e. The summed E-state index contributed by atoms with van der Waals surface area (Å²) in [5.41, 5.74) is 1.49. The number of nitrogens with zero attached hydrogens (tertiary/aromatic N) is 1. The second-order valence-electron chi connectivity index (χ2n) is 3.38. The van der Waals surface area contributed by atoms with Crippen molar-refractivity contribution < 1.29 is 9.94 Å². The molecule has 14 heavy (non-hydrogen) atoms. The summed E-state index contributed by atoms with van der Waals surface area (Å²) in [5.74, 6) is 0.828. The van der Waals surface area contributed by atoms with Gasteiger partial charge >= 0.3 is 0 Å². The summed E-state index contributed by atoms with van der Waals surface area (Å²) in [5, 5.41) is 11.7. The highest BCUT2D eigenvalue weighted by Crippen LogP contribution is 2.14. The predicted molar refractivity (Wildman–Crippen MR) is 56.2 cm³/mol. The van der Waals surface area contributed by atoms with Crippen LogP contribution in [0, 0.1) is 0 Å². The van der Waals surface area contributed by atoms with E-state index in [0.717, 1.165) is 11.3 Å². The third-order valence-electron chi connectivity index (χ3n) is 1.79. The first-order valence-electron chi connectivity index (χ1n) is 4.59. The normalized spacial score (nSPS) is 11.9. The summed E-state index contributed by atoms with van der Waals surface area (Å²) in [6.07, 6.45) is 0.174. The van der Waals surface area contributed by atoms with Crippen LogP contribution in [-0.4, -0.2) is 17.0 Å². The first-order valence-corrected chi connectivity index (χ1v) is 4.59. The van der Waals surface area contributed by atoms with E-state index in [2.05, 4.69) is 5.16 Å². The molecule has 0 saturated carbocycles. The quantitative estimate of drug-likeness (QED) is 0.455. The van der Waals surface area contributed by atoms with Crippen LogP contribution in [0.25, 0.3) is 0 Å². The lowest BCUT2D eigenvalue weighted by Gasteiger charge is -2.09. The Morgan fingerprint density at radius 3 is 2.29 bits per heavy atom. The SMILES string of the molecule is CC(=NO)c1ccc(OC(C)C)cc1. The van der Waals surface area contributed by atoms with E-state index < -0.39 is 0 Å². The van der Waals surface area contributed by atoms with Crippen molar-refractivity contribution in [3.05, 3.63) is 29.8 Å². The maximum absolute atomic E-state index is 8.56. The largest absolute Gasteiger partial charge is 0.491 e. The minimum absolute atomic E-state index is 0.174. The van der Waals surface area contributed by atoms with Crippen molar-refractivity contribution in [1.29, 1.82) is 0 Å². The number of rotatable bonds is 3. The molecule has 0 spiro atoms. The highest BCUT2D eigenvalue weighted by Gasteiger charge is 2.00. The standard InChI is InChI=1S/C11H15NO2/c1-8(2)14-11-6-4-10(5-7-11)9(3)12-13/h4-8,13H,1-3H3. The molecular weight excluding hydrogens is 178 g/mol. The monoisotopic (exact) mass is 193 g/mol. The van der Waals surface area contributed by atoms with Crippen LogP contribution >= 0.6 is 0 Å². The topological polar surface area (TPSA) is 41.8 Å². The molecule has 0 aromatic heterocycles. The molecule has 1 rings (SSSR count). The van der Waals surface area contributed by atoms with Gasteiger partial charge in [-0.3, -0.25) is 0 Å². The summed E-state index contributed by atoms with van der Waals surface area (Å²) in [7, 11) is 0. The Labute approximate surface area is 84.0 Å². The van der Waals surface area contributed by atoms with Gasteiger partial charge in [0.25, 0.3) is 0 Å². The van der Waals surface area contributed by atoms with Crippen molar-refractivity contribution in [3.8, 4) is 5.75 Å². The van der Waals surface area contributed by atoms with Crippen LogP contribution < -0.4 is 4.74 Å². The van der Waals surface area contributed by atoms with Gasteiger partial charge in [-0.05, 0) is 50.6 Å². The molecule has 0 aliphatic carbocycles. The van der Waals surface area contributed by atoms with Crippen molar-refractivity contribution in [2.45, 2.75) is 26.9 Å². The van der Waals surface area contributed by atoms with Crippen molar-refractivity contribution in [2.75, 3.05) is 0 Å². The fourth-order valence-electron chi connectivity index (χ4n) is 1.10. The Kier molecular flexibility index (Phi) is 3.51. The van der Waals surface area contributed by atoms with E-state index in [1.54, 1.807) is 6.92 Å². The number of ether oxygens (including phenoxy) is 1. The Bertz CT molecular complexity index is 315. The summed E-state index contributed by atoms with van der Waals surface area (Å²) < 4.78 is 5.48. The molecule has 0 unspecified atom stereocenters. The fraction of sp³-hybridized carbons (Fsp3) is 0.364. The highest BCUT2D eigenvalue weighted by molar-refractivity contribution is 5.98. The maximum Gasteiger partial charge on any atom is 0.119 e. The molecule has 0 amide bonds. The van der Waals surface area contributed by atoms with E-state index in [-0.39, 0.29) is 6.10 Å². The summed E-state index contributed by atoms with van der Waals surface area (Å²) in [4.78, 5) is 0. The van der Waals surface area contributed by atoms with Gasteiger partial charge in [-0.2, -0.15) is 0 Å². The number of oxime groups is 1. The smallest absolute Gasteiger partial charge is 0.119 e. The van der Waals surface area contributed by atoms with Crippen LogP contribution in [-0.2, 0) is 0 Å². The summed E-state index contributed by atoms with van der Waals surface area (Å²) >= 11 is 0. The van der Waals surface area contributed by atoms with Gasteiger partial charge in [-0.15, -0.1) is 0 Å². The van der Waals surface area contributed by atoms with Crippen LogP contribution in [0.3, 0.4) is 0 Å². The molecule has 0 atom stereocenters. The average molecular weight is 193 g/mol. The molecule has 1 aromatic carbocycles. The lowest BCUT2D eigenvalue weighted by molar-refractivity contribution is 0.242. The van der Waals surface area contributed by atoms with Crippen LogP contribution in [0.4, 0.5) is 0 Å². The molecule has 3 nitrogen and oxygen atoms in total. The Morgan fingerprint density at radius 1 is 1.29 bits per heavy atom. The van der Waals surface area contributed by atoms with Crippen LogP contribution in [0.15, 0.2) is 29.4 Å². The van der Waals surface area contributed by atoms with Gasteiger partial charge in [0.1, 0.15) is 5.75 Å². The van der Waals surface area contributed by atoms with Crippen LogP contribution in [0.2, 0.25) is 0 Å². The van der Waals surface area contributed by atoms with Gasteiger partial charge < -0.3 is 9.94 Å². The van der Waals surface area contributed by atoms with Gasteiger partial charge in [0.15, 0.2) is 0 Å². The lowest BCUT2D eigenvalue weighted by Crippen LogP contribution is -2.05. The molecule has 0 aliphatic rings. The Balaban J connectivity index is 2.78.